The van der Waals surface area contributed by atoms with Gasteiger partial charge in [-0.1, -0.05) is 96.0 Å². The van der Waals surface area contributed by atoms with Crippen molar-refractivity contribution >= 4 is 43.5 Å². The SMILES string of the molecule is CCCCNC(=O)C(Cc1ccccc1)N(Cc1cccc(OC)c1)C(=O)CN(c1cccc(Br)c1)S(=O)(=O)c1ccccc1. The minimum atomic E-state index is -4.16. The maximum absolute atomic E-state index is 14.5. The first kappa shape index (κ1) is 33.7. The average Bonchev–Trinajstić information content (AvgIpc) is 3.06. The van der Waals surface area contributed by atoms with Crippen LogP contribution in [0.25, 0.3) is 0 Å². The number of ether oxygens (including phenoxy) is 1. The summed E-state index contributed by atoms with van der Waals surface area (Å²) in [5.74, 6) is -0.221. The highest BCUT2D eigenvalue weighted by molar-refractivity contribution is 9.10. The monoisotopic (exact) mass is 691 g/mol. The van der Waals surface area contributed by atoms with Gasteiger partial charge >= 0.3 is 0 Å². The van der Waals surface area contributed by atoms with Gasteiger partial charge in [0, 0.05) is 24.0 Å². The first-order valence-electron chi connectivity index (χ1n) is 14.8. The highest BCUT2D eigenvalue weighted by Gasteiger charge is 2.34. The number of carbonyl (C=O) groups excluding carboxylic acids is 2. The number of amides is 2. The number of nitrogens with zero attached hydrogens (tertiary/aromatic N) is 2. The zero-order valence-electron chi connectivity index (χ0n) is 25.4. The number of nitrogens with one attached hydrogen (secondary N) is 1. The number of carbonyl (C=O) groups is 2. The number of benzene rings is 4. The van der Waals surface area contributed by atoms with Crippen molar-refractivity contribution in [3.8, 4) is 5.75 Å². The molecule has 0 radical (unpaired) electrons. The molecule has 0 heterocycles. The molecule has 0 aliphatic rings. The fourth-order valence-corrected chi connectivity index (χ4v) is 6.72. The highest BCUT2D eigenvalue weighted by atomic mass is 79.9. The van der Waals surface area contributed by atoms with Crippen LogP contribution in [0.3, 0.4) is 0 Å². The Morgan fingerprint density at radius 1 is 0.867 bits per heavy atom. The van der Waals surface area contributed by atoms with Crippen molar-refractivity contribution in [2.75, 3.05) is 24.5 Å². The molecule has 10 heteroatoms. The number of hydrogen-bond donors (Lipinski definition) is 1. The van der Waals surface area contributed by atoms with Gasteiger partial charge in [0.15, 0.2) is 0 Å². The summed E-state index contributed by atoms with van der Waals surface area (Å²) in [6.45, 7) is 2.04. The molecule has 45 heavy (non-hydrogen) atoms. The van der Waals surface area contributed by atoms with Gasteiger partial charge in [-0.25, -0.2) is 8.42 Å². The highest BCUT2D eigenvalue weighted by Crippen LogP contribution is 2.27. The van der Waals surface area contributed by atoms with E-state index in [-0.39, 0.29) is 23.8 Å². The topological polar surface area (TPSA) is 96.0 Å². The third-order valence-electron chi connectivity index (χ3n) is 7.29. The molecule has 0 aliphatic heterocycles. The third-order valence-corrected chi connectivity index (χ3v) is 9.58. The molecule has 0 bridgehead atoms. The van der Waals surface area contributed by atoms with Gasteiger partial charge in [-0.2, -0.15) is 0 Å². The minimum absolute atomic E-state index is 0.0512. The molecule has 4 aromatic rings. The van der Waals surface area contributed by atoms with Crippen LogP contribution in [-0.4, -0.2) is 51.4 Å². The molecule has 4 aromatic carbocycles. The molecular weight excluding hydrogens is 654 g/mol. The molecule has 0 saturated heterocycles. The van der Waals surface area contributed by atoms with E-state index < -0.39 is 28.5 Å². The molecule has 8 nitrogen and oxygen atoms in total. The van der Waals surface area contributed by atoms with E-state index in [9.17, 15) is 18.0 Å². The molecule has 0 aliphatic carbocycles. The number of anilines is 1. The average molecular weight is 693 g/mol. The summed E-state index contributed by atoms with van der Waals surface area (Å²) in [5, 5.41) is 3.00. The van der Waals surface area contributed by atoms with Gasteiger partial charge in [0.1, 0.15) is 18.3 Å². The Kier molecular flexibility index (Phi) is 12.2. The third kappa shape index (κ3) is 9.18. The second-order valence-electron chi connectivity index (χ2n) is 10.5. The standard InChI is InChI=1S/C35H38BrN3O5S/c1-3-4-21-37-35(41)33(23-27-13-7-5-8-14-27)38(25-28-15-11-18-31(22-28)44-2)34(40)26-39(30-17-12-16-29(36)24-30)45(42,43)32-19-9-6-10-20-32/h5-20,22,24,33H,3-4,21,23,25-26H2,1-2H3,(H,37,41). The largest absolute Gasteiger partial charge is 0.497 e. The smallest absolute Gasteiger partial charge is 0.264 e. The zero-order chi connectivity index (χ0) is 32.2. The Balaban J connectivity index is 1.79. The van der Waals surface area contributed by atoms with Crippen molar-refractivity contribution in [1.82, 2.24) is 10.2 Å². The van der Waals surface area contributed by atoms with Crippen molar-refractivity contribution in [3.63, 3.8) is 0 Å². The number of unbranched alkanes of at least 4 members (excludes halogenated alkanes) is 1. The van der Waals surface area contributed by atoms with E-state index in [1.165, 1.54) is 17.0 Å². The van der Waals surface area contributed by atoms with E-state index in [0.717, 1.165) is 28.3 Å². The molecule has 0 fully saturated rings. The van der Waals surface area contributed by atoms with Gasteiger partial charge in [-0.15, -0.1) is 0 Å². The van der Waals surface area contributed by atoms with Gasteiger partial charge in [-0.3, -0.25) is 13.9 Å². The predicted molar refractivity (Wildman–Crippen MR) is 181 cm³/mol. The Morgan fingerprint density at radius 3 is 2.20 bits per heavy atom. The van der Waals surface area contributed by atoms with E-state index in [2.05, 4.69) is 21.2 Å². The summed E-state index contributed by atoms with van der Waals surface area (Å²) in [4.78, 5) is 29.9. The van der Waals surface area contributed by atoms with Crippen molar-refractivity contribution in [3.05, 3.63) is 125 Å². The maximum Gasteiger partial charge on any atom is 0.264 e. The number of halogens is 1. The van der Waals surface area contributed by atoms with Crippen LogP contribution < -0.4 is 14.4 Å². The summed E-state index contributed by atoms with van der Waals surface area (Å²) in [6, 6.07) is 30.6. The second-order valence-corrected chi connectivity index (χ2v) is 13.3. The fraction of sp³-hybridized carbons (Fsp3) is 0.257. The van der Waals surface area contributed by atoms with Crippen LogP contribution in [0.4, 0.5) is 5.69 Å². The number of rotatable bonds is 15. The van der Waals surface area contributed by atoms with Gasteiger partial charge in [0.2, 0.25) is 11.8 Å². The van der Waals surface area contributed by atoms with E-state index >= 15 is 0 Å². The first-order valence-corrected chi connectivity index (χ1v) is 17.0. The first-order chi connectivity index (χ1) is 21.7. The maximum atomic E-state index is 14.5. The molecule has 236 valence electrons. The fourth-order valence-electron chi connectivity index (χ4n) is 4.91. The molecule has 1 atom stereocenters. The molecule has 0 spiro atoms. The lowest BCUT2D eigenvalue weighted by molar-refractivity contribution is -0.140. The predicted octanol–water partition coefficient (Wildman–Crippen LogP) is 6.21. The van der Waals surface area contributed by atoms with E-state index in [1.807, 2.05) is 55.5 Å². The van der Waals surface area contributed by atoms with Gasteiger partial charge in [0.05, 0.1) is 17.7 Å². The second kappa shape index (κ2) is 16.2. The summed E-state index contributed by atoms with van der Waals surface area (Å²) in [6.07, 6.45) is 1.94. The van der Waals surface area contributed by atoms with Crippen molar-refractivity contribution in [2.24, 2.45) is 0 Å². The molecular formula is C35H38BrN3O5S. The Morgan fingerprint density at radius 2 is 1.53 bits per heavy atom. The summed E-state index contributed by atoms with van der Waals surface area (Å²) < 4.78 is 35.3. The summed E-state index contributed by atoms with van der Waals surface area (Å²) >= 11 is 3.43. The number of methoxy groups -OCH3 is 1. The van der Waals surface area contributed by atoms with Crippen LogP contribution in [-0.2, 0) is 32.6 Å². The zero-order valence-corrected chi connectivity index (χ0v) is 27.8. The van der Waals surface area contributed by atoms with Crippen LogP contribution in [0.15, 0.2) is 119 Å². The molecule has 4 rings (SSSR count). The Labute approximate surface area is 274 Å². The Hall–Kier alpha value is -4.15. The molecule has 2 amide bonds. The quantitative estimate of drug-likeness (QED) is 0.150. The molecule has 1 N–H and O–H groups in total. The summed E-state index contributed by atoms with van der Waals surface area (Å²) in [7, 11) is -2.60. The van der Waals surface area contributed by atoms with Crippen LogP contribution >= 0.6 is 15.9 Å². The van der Waals surface area contributed by atoms with Crippen molar-refractivity contribution in [1.29, 1.82) is 0 Å². The van der Waals surface area contributed by atoms with E-state index in [1.54, 1.807) is 55.6 Å². The lowest BCUT2D eigenvalue weighted by Crippen LogP contribution is -2.53. The van der Waals surface area contributed by atoms with Crippen LogP contribution in [0.5, 0.6) is 5.75 Å². The van der Waals surface area contributed by atoms with E-state index in [4.69, 9.17) is 4.74 Å². The van der Waals surface area contributed by atoms with Crippen molar-refractivity contribution < 1.29 is 22.7 Å². The lowest BCUT2D eigenvalue weighted by Gasteiger charge is -2.34. The molecule has 0 saturated carbocycles. The van der Waals surface area contributed by atoms with Gasteiger partial charge in [-0.05, 0) is 60.0 Å². The molecule has 1 unspecified atom stereocenters. The van der Waals surface area contributed by atoms with Gasteiger partial charge < -0.3 is 15.0 Å². The minimum Gasteiger partial charge on any atom is -0.497 e. The lowest BCUT2D eigenvalue weighted by atomic mass is 10.0. The van der Waals surface area contributed by atoms with E-state index in [0.29, 0.717) is 22.5 Å². The van der Waals surface area contributed by atoms with Gasteiger partial charge in [0.25, 0.3) is 10.0 Å². The van der Waals surface area contributed by atoms with Crippen LogP contribution in [0.2, 0.25) is 0 Å². The van der Waals surface area contributed by atoms with Crippen LogP contribution in [0, 0.1) is 0 Å². The number of hydrogen-bond acceptors (Lipinski definition) is 5. The Bertz CT molecular complexity index is 1670. The normalized spacial score (nSPS) is 11.8. The molecule has 0 aromatic heterocycles. The van der Waals surface area contributed by atoms with Crippen LogP contribution in [0.1, 0.15) is 30.9 Å². The number of sulfonamides is 1. The summed E-state index contributed by atoms with van der Waals surface area (Å²) in [5.41, 5.74) is 1.93. The van der Waals surface area contributed by atoms with Crippen molar-refractivity contribution in [2.45, 2.75) is 43.7 Å².